The Balaban J connectivity index is 1.95. The molecular weight excluding hydrogens is 375 g/mol. The van der Waals surface area contributed by atoms with Gasteiger partial charge in [-0.15, -0.1) is 4.52 Å². The van der Waals surface area contributed by atoms with Crippen molar-refractivity contribution in [2.75, 3.05) is 12.8 Å². The van der Waals surface area contributed by atoms with E-state index in [0.29, 0.717) is 0 Å². The number of aryl methyl sites for hydroxylation is 2. The maximum Gasteiger partial charge on any atom is 0.516 e. The second kappa shape index (κ2) is 11.2. The summed E-state index contributed by atoms with van der Waals surface area (Å²) in [6.07, 6.45) is 10.5. The summed E-state index contributed by atoms with van der Waals surface area (Å²) in [4.78, 5) is 21.8. The number of carbonyl (C=O) groups is 2. The Morgan fingerprint density at radius 3 is 2.61 bits per heavy atom. The van der Waals surface area contributed by atoms with Gasteiger partial charge in [-0.1, -0.05) is 62.0 Å². The van der Waals surface area contributed by atoms with Gasteiger partial charge in [-0.3, -0.25) is 9.59 Å². The zero-order valence-electron chi connectivity index (χ0n) is 16.8. The lowest BCUT2D eigenvalue weighted by molar-refractivity contribution is -0.139. The quantitative estimate of drug-likeness (QED) is 0.425. The lowest BCUT2D eigenvalue weighted by atomic mass is 9.83. The van der Waals surface area contributed by atoms with Crippen LogP contribution in [-0.4, -0.2) is 29.6 Å². The lowest BCUT2D eigenvalue weighted by Gasteiger charge is -2.23. The van der Waals surface area contributed by atoms with Gasteiger partial charge in [-0.05, 0) is 47.4 Å². The molecular formula is C22H30O5P+. The Morgan fingerprint density at radius 2 is 1.93 bits per heavy atom. The molecule has 0 radical (unpaired) electrons. The van der Waals surface area contributed by atoms with Gasteiger partial charge in [0.25, 0.3) is 0 Å². The van der Waals surface area contributed by atoms with Crippen LogP contribution >= 0.6 is 8.03 Å². The summed E-state index contributed by atoms with van der Waals surface area (Å²) in [5.74, 6) is -1.05. The van der Waals surface area contributed by atoms with Crippen molar-refractivity contribution < 1.29 is 23.8 Å². The maximum absolute atomic E-state index is 11.8. The van der Waals surface area contributed by atoms with Gasteiger partial charge in [0, 0.05) is 0 Å². The van der Waals surface area contributed by atoms with Crippen molar-refractivity contribution in [3.05, 3.63) is 40.5 Å². The van der Waals surface area contributed by atoms with Gasteiger partial charge in [0.05, 0.1) is 0 Å². The van der Waals surface area contributed by atoms with Crippen molar-refractivity contribution in [3.63, 3.8) is 0 Å². The minimum Gasteiger partial charge on any atom is -0.481 e. The van der Waals surface area contributed by atoms with Crippen LogP contribution in [0.25, 0.3) is 6.08 Å². The summed E-state index contributed by atoms with van der Waals surface area (Å²) >= 11 is 0. The molecule has 1 aliphatic carbocycles. The summed E-state index contributed by atoms with van der Waals surface area (Å²) < 4.78 is 16.9. The number of carbonyl (C=O) groups excluding carboxylic acids is 1. The van der Waals surface area contributed by atoms with E-state index in [4.69, 9.17) is 9.63 Å². The molecule has 0 bridgehead atoms. The molecule has 0 amide bonds. The molecule has 1 aromatic carbocycles. The molecule has 6 heteroatoms. The summed E-state index contributed by atoms with van der Waals surface area (Å²) in [5.41, 5.74) is 5.01. The number of benzene rings is 1. The molecule has 2 rings (SSSR count). The van der Waals surface area contributed by atoms with Gasteiger partial charge < -0.3 is 5.11 Å². The van der Waals surface area contributed by atoms with Gasteiger partial charge in [0.1, 0.15) is 13.0 Å². The van der Waals surface area contributed by atoms with E-state index in [9.17, 15) is 14.2 Å². The fourth-order valence-corrected chi connectivity index (χ4v) is 4.63. The van der Waals surface area contributed by atoms with Gasteiger partial charge in [-0.2, -0.15) is 0 Å². The Labute approximate surface area is 168 Å². The fourth-order valence-electron chi connectivity index (χ4n) is 3.88. The SMILES string of the molecule is Cc1cc(C)c(/C=C/CO[P+](=O)CC(=O)CC(=O)O)c(CC2CCCCC2)c1. The molecule has 0 saturated heterocycles. The van der Waals surface area contributed by atoms with Gasteiger partial charge in [0.15, 0.2) is 5.78 Å². The van der Waals surface area contributed by atoms with E-state index >= 15 is 0 Å². The van der Waals surface area contributed by atoms with Crippen molar-refractivity contribution >= 4 is 25.9 Å². The molecule has 28 heavy (non-hydrogen) atoms. The van der Waals surface area contributed by atoms with Crippen LogP contribution in [0.5, 0.6) is 0 Å². The highest BCUT2D eigenvalue weighted by Crippen LogP contribution is 2.30. The van der Waals surface area contributed by atoms with E-state index in [1.807, 2.05) is 12.2 Å². The zero-order valence-corrected chi connectivity index (χ0v) is 17.7. The van der Waals surface area contributed by atoms with Crippen molar-refractivity contribution in [1.82, 2.24) is 0 Å². The molecule has 1 aromatic rings. The average molecular weight is 405 g/mol. The molecule has 1 unspecified atom stereocenters. The normalized spacial score (nSPS) is 15.7. The molecule has 0 spiro atoms. The van der Waals surface area contributed by atoms with E-state index in [1.165, 1.54) is 54.4 Å². The highest BCUT2D eigenvalue weighted by atomic mass is 31.1. The summed E-state index contributed by atoms with van der Waals surface area (Å²) in [6, 6.07) is 4.42. The van der Waals surface area contributed by atoms with Crippen LogP contribution < -0.4 is 0 Å². The lowest BCUT2D eigenvalue weighted by Crippen LogP contribution is -2.10. The highest BCUT2D eigenvalue weighted by Gasteiger charge is 2.24. The van der Waals surface area contributed by atoms with Crippen LogP contribution in [0.15, 0.2) is 18.2 Å². The molecule has 1 saturated carbocycles. The highest BCUT2D eigenvalue weighted by molar-refractivity contribution is 7.40. The number of Topliss-reactive ketones (excluding diaryl/α,β-unsaturated/α-hetero) is 1. The smallest absolute Gasteiger partial charge is 0.481 e. The predicted molar refractivity (Wildman–Crippen MR) is 111 cm³/mol. The van der Waals surface area contributed by atoms with Crippen molar-refractivity contribution in [2.24, 2.45) is 5.92 Å². The maximum atomic E-state index is 11.8. The molecule has 1 atom stereocenters. The molecule has 0 aliphatic heterocycles. The third-order valence-corrected chi connectivity index (χ3v) is 6.15. The molecule has 1 aliphatic rings. The minimum absolute atomic E-state index is 0.131. The Hall–Kier alpha value is -1.84. The number of rotatable bonds is 10. The van der Waals surface area contributed by atoms with Crippen molar-refractivity contribution in [2.45, 2.75) is 58.8 Å². The fraction of sp³-hybridized carbons (Fsp3) is 0.545. The molecule has 1 N–H and O–H groups in total. The first-order chi connectivity index (χ1) is 13.3. The average Bonchev–Trinajstić information content (AvgIpc) is 2.60. The largest absolute Gasteiger partial charge is 0.516 e. The van der Waals surface area contributed by atoms with Crippen LogP contribution in [0, 0.1) is 19.8 Å². The number of hydrogen-bond donors (Lipinski definition) is 1. The van der Waals surface area contributed by atoms with Crippen LogP contribution in [0.3, 0.4) is 0 Å². The molecule has 1 fully saturated rings. The van der Waals surface area contributed by atoms with Crippen molar-refractivity contribution in [1.29, 1.82) is 0 Å². The van der Waals surface area contributed by atoms with E-state index in [0.717, 1.165) is 12.3 Å². The van der Waals surface area contributed by atoms with Gasteiger partial charge in [0.2, 0.25) is 6.16 Å². The topological polar surface area (TPSA) is 80.7 Å². The standard InChI is InChI=1S/C22H29O5P/c1-16-11-17(2)21(19(12-16)13-18-7-4-3-5-8-18)9-6-10-27-28(26)15-20(23)14-22(24)25/h6,9,11-12,18H,3-5,7-8,10,13-15H2,1-2H3/p+1/b9-6+. The van der Waals surface area contributed by atoms with E-state index in [2.05, 4.69) is 26.0 Å². The van der Waals surface area contributed by atoms with E-state index < -0.39 is 26.2 Å². The predicted octanol–water partition coefficient (Wildman–Crippen LogP) is 5.24. The van der Waals surface area contributed by atoms with Crippen LogP contribution in [0.2, 0.25) is 0 Å². The summed E-state index contributed by atoms with van der Waals surface area (Å²) in [6.45, 7) is 4.35. The molecule has 152 valence electrons. The number of carboxylic acid groups (broad SMARTS) is 1. The number of hydrogen-bond acceptors (Lipinski definition) is 4. The first kappa shape index (κ1) is 22.4. The number of ketones is 1. The summed E-state index contributed by atoms with van der Waals surface area (Å²) in [7, 11) is -2.18. The molecule has 5 nitrogen and oxygen atoms in total. The third kappa shape index (κ3) is 7.65. The Morgan fingerprint density at radius 1 is 1.21 bits per heavy atom. The monoisotopic (exact) mass is 405 g/mol. The molecule has 0 heterocycles. The second-order valence-corrected chi connectivity index (χ2v) is 8.90. The van der Waals surface area contributed by atoms with E-state index in [1.54, 1.807) is 0 Å². The third-order valence-electron chi connectivity index (χ3n) is 5.10. The van der Waals surface area contributed by atoms with Crippen LogP contribution in [-0.2, 0) is 25.1 Å². The van der Waals surface area contributed by atoms with Crippen molar-refractivity contribution in [3.8, 4) is 0 Å². The van der Waals surface area contributed by atoms with Crippen LogP contribution in [0.1, 0.15) is 60.8 Å². The zero-order chi connectivity index (χ0) is 20.5. The first-order valence-corrected chi connectivity index (χ1v) is 11.3. The Kier molecular flexibility index (Phi) is 9.01. The van der Waals surface area contributed by atoms with Gasteiger partial charge >= 0.3 is 14.0 Å². The molecule has 0 aromatic heterocycles. The first-order valence-electron chi connectivity index (χ1n) is 9.93. The van der Waals surface area contributed by atoms with Gasteiger partial charge in [-0.25, -0.2) is 0 Å². The second-order valence-electron chi connectivity index (χ2n) is 7.66. The van der Waals surface area contributed by atoms with E-state index in [-0.39, 0.29) is 12.8 Å². The summed E-state index contributed by atoms with van der Waals surface area (Å²) in [5, 5.41) is 8.56. The number of aliphatic carboxylic acids is 1. The number of carboxylic acids is 1. The Bertz CT molecular complexity index is 748. The van der Waals surface area contributed by atoms with Crippen LogP contribution in [0.4, 0.5) is 0 Å². The minimum atomic E-state index is -2.18.